The zero-order valence-corrected chi connectivity index (χ0v) is 14.4. The Morgan fingerprint density at radius 2 is 2.00 bits per heavy atom. The van der Waals surface area contributed by atoms with Crippen LogP contribution < -0.4 is 10.5 Å². The van der Waals surface area contributed by atoms with Crippen LogP contribution in [-0.4, -0.2) is 16.2 Å². The molecule has 22 heavy (non-hydrogen) atoms. The fraction of sp³-hybridized carbons (Fsp3) is 0.438. The first-order valence-corrected chi connectivity index (χ1v) is 7.99. The summed E-state index contributed by atoms with van der Waals surface area (Å²) in [6, 6.07) is 3.73. The highest BCUT2D eigenvalue weighted by Crippen LogP contribution is 2.40. The molecule has 0 aliphatic rings. The molecule has 2 rings (SSSR count). The van der Waals surface area contributed by atoms with Crippen molar-refractivity contribution < 1.29 is 9.53 Å². The molecule has 0 radical (unpaired) electrons. The first-order valence-electron chi connectivity index (χ1n) is 7.18. The van der Waals surface area contributed by atoms with E-state index >= 15 is 0 Å². The second-order valence-electron chi connectivity index (χ2n) is 6.13. The van der Waals surface area contributed by atoms with E-state index in [-0.39, 0.29) is 11.4 Å². The number of carbonyl (C=O) groups is 1. The summed E-state index contributed by atoms with van der Waals surface area (Å²) in [4.78, 5) is 11.7. The largest absolute Gasteiger partial charge is 0.426 e. The highest BCUT2D eigenvalue weighted by molar-refractivity contribution is 7.18. The maximum Gasteiger partial charge on any atom is 0.310 e. The predicted molar refractivity (Wildman–Crippen MR) is 89.1 cm³/mol. The van der Waals surface area contributed by atoms with Crippen molar-refractivity contribution in [3.8, 4) is 16.3 Å². The molecule has 2 aromatic rings. The van der Waals surface area contributed by atoms with Gasteiger partial charge in [-0.15, -0.1) is 10.2 Å². The molecule has 0 fully saturated rings. The van der Waals surface area contributed by atoms with Gasteiger partial charge in [0.05, 0.1) is 0 Å². The number of nitrogens with two attached hydrogens (primary N) is 1. The van der Waals surface area contributed by atoms with Crippen LogP contribution in [0.5, 0.6) is 5.75 Å². The quantitative estimate of drug-likeness (QED) is 0.689. The summed E-state index contributed by atoms with van der Waals surface area (Å²) in [6.07, 6.45) is 0.345. The van der Waals surface area contributed by atoms with E-state index in [9.17, 15) is 4.79 Å². The minimum absolute atomic E-state index is 0.167. The van der Waals surface area contributed by atoms with Crippen molar-refractivity contribution in [2.75, 3.05) is 5.73 Å². The number of esters is 1. The Morgan fingerprint density at radius 3 is 2.50 bits per heavy atom. The van der Waals surface area contributed by atoms with E-state index in [1.165, 1.54) is 11.3 Å². The number of nitrogens with zero attached hydrogens (tertiary/aromatic N) is 2. The predicted octanol–water partition coefficient (Wildman–Crippen LogP) is 3.71. The van der Waals surface area contributed by atoms with Gasteiger partial charge in [0, 0.05) is 17.5 Å². The Bertz CT molecular complexity index is 702. The summed E-state index contributed by atoms with van der Waals surface area (Å²) in [7, 11) is 0. The molecule has 1 aromatic heterocycles. The van der Waals surface area contributed by atoms with Crippen LogP contribution in [0.4, 0.5) is 5.13 Å². The van der Waals surface area contributed by atoms with E-state index in [4.69, 9.17) is 10.5 Å². The van der Waals surface area contributed by atoms with Gasteiger partial charge in [0.2, 0.25) is 5.13 Å². The number of hydrogen-bond acceptors (Lipinski definition) is 6. The molecule has 0 atom stereocenters. The molecular formula is C16H21N3O2S. The van der Waals surface area contributed by atoms with Gasteiger partial charge in [0.25, 0.3) is 0 Å². The third kappa shape index (κ3) is 3.27. The Labute approximate surface area is 134 Å². The van der Waals surface area contributed by atoms with Gasteiger partial charge in [-0.25, -0.2) is 0 Å². The highest BCUT2D eigenvalue weighted by Gasteiger charge is 2.25. The van der Waals surface area contributed by atoms with Crippen LogP contribution >= 0.6 is 11.3 Å². The molecule has 0 aliphatic carbocycles. The molecule has 0 saturated heterocycles. The summed E-state index contributed by atoms with van der Waals surface area (Å²) in [5.41, 5.74) is 8.51. The van der Waals surface area contributed by atoms with Gasteiger partial charge >= 0.3 is 5.97 Å². The molecule has 118 valence electrons. The molecule has 0 saturated carbocycles. The average molecular weight is 319 g/mol. The van der Waals surface area contributed by atoms with Crippen LogP contribution in [0.2, 0.25) is 0 Å². The molecule has 0 aliphatic heterocycles. The fourth-order valence-corrected chi connectivity index (χ4v) is 3.17. The zero-order chi connectivity index (χ0) is 16.5. The highest BCUT2D eigenvalue weighted by atomic mass is 32.1. The third-order valence-corrected chi connectivity index (χ3v) is 4.15. The standard InChI is InChI=1S/C16H21N3O2S/c1-6-12(20)21-11-8-7-10(14-18-19-15(17)22-14)9(2)13(11)16(3,4)5/h7-8H,6H2,1-5H3,(H2,17,19). The molecule has 0 amide bonds. The molecule has 5 nitrogen and oxygen atoms in total. The van der Waals surface area contributed by atoms with Gasteiger partial charge in [0.15, 0.2) is 0 Å². The molecule has 6 heteroatoms. The number of aromatic nitrogens is 2. The van der Waals surface area contributed by atoms with Crippen molar-refractivity contribution in [1.29, 1.82) is 0 Å². The zero-order valence-electron chi connectivity index (χ0n) is 13.6. The number of ether oxygens (including phenoxy) is 1. The molecule has 0 spiro atoms. The lowest BCUT2D eigenvalue weighted by atomic mass is 9.82. The molecule has 1 heterocycles. The van der Waals surface area contributed by atoms with Crippen LogP contribution in [0.25, 0.3) is 10.6 Å². The van der Waals surface area contributed by atoms with Gasteiger partial charge < -0.3 is 10.5 Å². The lowest BCUT2D eigenvalue weighted by Gasteiger charge is -2.25. The smallest absolute Gasteiger partial charge is 0.310 e. The van der Waals surface area contributed by atoms with Gasteiger partial charge in [-0.2, -0.15) is 0 Å². The molecular weight excluding hydrogens is 298 g/mol. The normalized spacial score (nSPS) is 11.5. The molecule has 1 aromatic carbocycles. The van der Waals surface area contributed by atoms with Crippen LogP contribution in [0.1, 0.15) is 45.2 Å². The van der Waals surface area contributed by atoms with Crippen LogP contribution in [0.15, 0.2) is 12.1 Å². The first kappa shape index (κ1) is 16.4. The van der Waals surface area contributed by atoms with Gasteiger partial charge in [-0.1, -0.05) is 39.0 Å². The van der Waals surface area contributed by atoms with Gasteiger partial charge in [-0.05, 0) is 30.0 Å². The van der Waals surface area contributed by atoms with Crippen LogP contribution in [0, 0.1) is 6.92 Å². The number of carbonyl (C=O) groups excluding carboxylic acids is 1. The third-order valence-electron chi connectivity index (χ3n) is 3.36. The number of nitrogen functional groups attached to an aromatic ring is 1. The Morgan fingerprint density at radius 1 is 1.32 bits per heavy atom. The number of anilines is 1. The van der Waals surface area contributed by atoms with E-state index in [1.807, 2.05) is 19.1 Å². The summed E-state index contributed by atoms with van der Waals surface area (Å²) < 4.78 is 5.50. The van der Waals surface area contributed by atoms with Crippen molar-refractivity contribution >= 4 is 22.4 Å². The summed E-state index contributed by atoms with van der Waals surface area (Å²) in [6.45, 7) is 10.1. The fourth-order valence-electron chi connectivity index (χ4n) is 2.47. The van der Waals surface area contributed by atoms with Crippen molar-refractivity contribution in [2.24, 2.45) is 0 Å². The topological polar surface area (TPSA) is 78.1 Å². The minimum atomic E-state index is -0.238. The van der Waals surface area contributed by atoms with E-state index < -0.39 is 0 Å². The van der Waals surface area contributed by atoms with Crippen molar-refractivity contribution in [2.45, 2.75) is 46.5 Å². The Kier molecular flexibility index (Phi) is 4.51. The Balaban J connectivity index is 2.60. The molecule has 2 N–H and O–H groups in total. The summed E-state index contributed by atoms with van der Waals surface area (Å²) in [5.74, 6) is 0.371. The van der Waals surface area contributed by atoms with E-state index in [2.05, 4.69) is 31.0 Å². The first-order chi connectivity index (χ1) is 10.2. The minimum Gasteiger partial charge on any atom is -0.426 e. The van der Waals surface area contributed by atoms with E-state index in [1.54, 1.807) is 6.92 Å². The maximum atomic E-state index is 11.7. The van der Waals surface area contributed by atoms with Crippen LogP contribution in [0.3, 0.4) is 0 Å². The van der Waals surface area contributed by atoms with Gasteiger partial charge in [0.1, 0.15) is 10.8 Å². The number of rotatable bonds is 3. The van der Waals surface area contributed by atoms with E-state index in [0.29, 0.717) is 17.3 Å². The lowest BCUT2D eigenvalue weighted by molar-refractivity contribution is -0.134. The second-order valence-corrected chi connectivity index (χ2v) is 7.14. The number of benzene rings is 1. The molecule has 0 bridgehead atoms. The number of hydrogen-bond donors (Lipinski definition) is 1. The second kappa shape index (κ2) is 6.04. The summed E-state index contributed by atoms with van der Waals surface area (Å²) >= 11 is 1.35. The SMILES string of the molecule is CCC(=O)Oc1ccc(-c2nnc(N)s2)c(C)c1C(C)(C)C. The monoisotopic (exact) mass is 319 g/mol. The maximum absolute atomic E-state index is 11.7. The lowest BCUT2D eigenvalue weighted by Crippen LogP contribution is -2.18. The van der Waals surface area contributed by atoms with Crippen molar-refractivity contribution in [1.82, 2.24) is 10.2 Å². The Hall–Kier alpha value is -1.95. The molecule has 0 unspecified atom stereocenters. The van der Waals surface area contributed by atoms with Crippen LogP contribution in [-0.2, 0) is 10.2 Å². The van der Waals surface area contributed by atoms with E-state index in [0.717, 1.165) is 21.7 Å². The average Bonchev–Trinajstić information content (AvgIpc) is 2.83. The van der Waals surface area contributed by atoms with Gasteiger partial charge in [-0.3, -0.25) is 4.79 Å². The van der Waals surface area contributed by atoms with Crippen molar-refractivity contribution in [3.05, 3.63) is 23.3 Å². The summed E-state index contributed by atoms with van der Waals surface area (Å²) in [5, 5.41) is 9.19. The van der Waals surface area contributed by atoms with Crippen molar-refractivity contribution in [3.63, 3.8) is 0 Å².